The van der Waals surface area contributed by atoms with Crippen molar-refractivity contribution >= 4 is 16.0 Å². The molecule has 1 aliphatic rings. The minimum absolute atomic E-state index is 0.0333. The molecule has 25 heavy (non-hydrogen) atoms. The van der Waals surface area contributed by atoms with Crippen molar-refractivity contribution in [3.05, 3.63) is 0 Å². The van der Waals surface area contributed by atoms with E-state index in [1.807, 2.05) is 0 Å². The molecule has 0 bridgehead atoms. The second kappa shape index (κ2) is 9.16. The molecule has 7 atom stereocenters. The van der Waals surface area contributed by atoms with Gasteiger partial charge in [0.05, 0.1) is 12.4 Å². The fourth-order valence-electron chi connectivity index (χ4n) is 2.28. The Bertz CT molecular complexity index is 528. The second-order valence-electron chi connectivity index (χ2n) is 5.79. The van der Waals surface area contributed by atoms with Crippen LogP contribution in [0.3, 0.4) is 0 Å². The molecule has 0 aromatic carbocycles. The molecule has 148 valence electrons. The molecule has 13 heteroatoms. The van der Waals surface area contributed by atoms with Crippen LogP contribution in [0.25, 0.3) is 0 Å². The Morgan fingerprint density at radius 3 is 2.00 bits per heavy atom. The first kappa shape index (κ1) is 22.1. The number of nitrogens with two attached hydrogens (primary N) is 1. The van der Waals surface area contributed by atoms with Crippen LogP contribution in [0.1, 0.15) is 6.42 Å². The number of aliphatic hydroxyl groups is 5. The topological polar surface area (TPSA) is 220 Å². The van der Waals surface area contributed by atoms with Crippen LogP contribution >= 0.6 is 0 Å². The lowest BCUT2D eigenvalue weighted by Crippen LogP contribution is -2.64. The van der Waals surface area contributed by atoms with Crippen LogP contribution in [-0.2, 0) is 19.6 Å². The normalized spacial score (nSPS) is 34.5. The van der Waals surface area contributed by atoms with E-state index in [0.717, 1.165) is 0 Å². The van der Waals surface area contributed by atoms with E-state index in [1.54, 1.807) is 0 Å². The van der Waals surface area contributed by atoms with E-state index in [0.29, 0.717) is 0 Å². The largest absolute Gasteiger partial charge is 0.387 e. The Hall–Kier alpha value is -0.900. The molecule has 9 N–H and O–H groups in total. The van der Waals surface area contributed by atoms with Gasteiger partial charge in [0.2, 0.25) is 5.91 Å². The lowest BCUT2D eigenvalue weighted by Gasteiger charge is -2.41. The van der Waals surface area contributed by atoms with E-state index < -0.39 is 71.1 Å². The van der Waals surface area contributed by atoms with Crippen LogP contribution in [-0.4, -0.2) is 106 Å². The fourth-order valence-corrected chi connectivity index (χ4v) is 2.79. The molecule has 0 radical (unpaired) electrons. The number of hydrogen-bond donors (Lipinski definition) is 8. The van der Waals surface area contributed by atoms with Crippen LogP contribution < -0.4 is 11.1 Å². The zero-order valence-corrected chi connectivity index (χ0v) is 14.0. The molecular weight excluding hydrogens is 364 g/mol. The summed E-state index contributed by atoms with van der Waals surface area (Å²) in [6.07, 6.45) is -10.2. The third-order valence-electron chi connectivity index (χ3n) is 3.76. The highest BCUT2D eigenvalue weighted by Gasteiger charge is 2.49. The molecule has 1 rings (SSSR count). The van der Waals surface area contributed by atoms with E-state index in [1.165, 1.54) is 0 Å². The van der Waals surface area contributed by atoms with E-state index >= 15 is 0 Å². The van der Waals surface area contributed by atoms with Crippen molar-refractivity contribution in [2.24, 2.45) is 5.73 Å². The predicted octanol–water partition coefficient (Wildman–Crippen LogP) is -5.09. The average molecular weight is 388 g/mol. The van der Waals surface area contributed by atoms with E-state index in [-0.39, 0.29) is 13.0 Å². The number of amides is 1. The first-order valence-corrected chi connectivity index (χ1v) is 9.07. The van der Waals surface area contributed by atoms with Gasteiger partial charge in [-0.25, -0.2) is 0 Å². The van der Waals surface area contributed by atoms with E-state index in [4.69, 9.17) is 15.0 Å². The monoisotopic (exact) mass is 388 g/mol. The molecule has 1 saturated carbocycles. The fraction of sp³-hybridized carbons (Fsp3) is 0.917. The summed E-state index contributed by atoms with van der Waals surface area (Å²) in [5.41, 5.74) is 5.55. The summed E-state index contributed by atoms with van der Waals surface area (Å²) < 4.78 is 34.7. The Kier molecular flexibility index (Phi) is 8.11. The van der Waals surface area contributed by atoms with E-state index in [9.17, 15) is 38.7 Å². The summed E-state index contributed by atoms with van der Waals surface area (Å²) in [5, 5.41) is 50.4. The zero-order valence-electron chi connectivity index (χ0n) is 13.2. The van der Waals surface area contributed by atoms with E-state index in [2.05, 4.69) is 5.32 Å². The molecule has 1 fully saturated rings. The molecule has 1 unspecified atom stereocenters. The molecule has 1 aliphatic carbocycles. The van der Waals surface area contributed by atoms with Crippen LogP contribution in [0.5, 0.6) is 0 Å². The number of hydrogen-bond acceptors (Lipinski definition) is 10. The van der Waals surface area contributed by atoms with Crippen molar-refractivity contribution < 1.29 is 48.0 Å². The standard InChI is InChI=1S/C12H24N2O10S/c13-5(12(20)14-2-1-3-25(21,22)23)4-24-11-9(18)7(16)6(15)8(17)10(11)19/h5-11,15-19H,1-4,13H2,(H,14,20)(H,21,22,23)/t5-,6-,7-,8?,9+,10-,11-/m0/s1. The van der Waals surface area contributed by atoms with Gasteiger partial charge in [0.15, 0.2) is 0 Å². The van der Waals surface area contributed by atoms with Gasteiger partial charge in [-0.2, -0.15) is 8.42 Å². The van der Waals surface area contributed by atoms with Crippen LogP contribution in [0, 0.1) is 0 Å². The molecule has 0 aromatic rings. The van der Waals surface area contributed by atoms with Gasteiger partial charge in [0, 0.05) is 6.54 Å². The Morgan fingerprint density at radius 2 is 1.52 bits per heavy atom. The molecule has 0 aliphatic heterocycles. The predicted molar refractivity (Wildman–Crippen MR) is 81.8 cm³/mol. The summed E-state index contributed by atoms with van der Waals surface area (Å²) >= 11 is 0. The molecule has 0 heterocycles. The molecular formula is C12H24N2O10S. The quantitative estimate of drug-likeness (QED) is 0.145. The molecule has 0 saturated heterocycles. The van der Waals surface area contributed by atoms with Gasteiger partial charge < -0.3 is 41.3 Å². The van der Waals surface area contributed by atoms with Crippen molar-refractivity contribution in [3.63, 3.8) is 0 Å². The average Bonchev–Trinajstić information content (AvgIpc) is 2.53. The van der Waals surface area contributed by atoms with Crippen molar-refractivity contribution in [1.82, 2.24) is 5.32 Å². The maximum Gasteiger partial charge on any atom is 0.264 e. The highest BCUT2D eigenvalue weighted by molar-refractivity contribution is 7.85. The number of rotatable bonds is 8. The third-order valence-corrected chi connectivity index (χ3v) is 4.56. The molecule has 1 amide bonds. The molecule has 0 aromatic heterocycles. The minimum Gasteiger partial charge on any atom is -0.387 e. The Morgan fingerprint density at radius 1 is 1.04 bits per heavy atom. The lowest BCUT2D eigenvalue weighted by atomic mass is 9.85. The van der Waals surface area contributed by atoms with Crippen LogP contribution in [0.4, 0.5) is 0 Å². The number of carbonyl (C=O) groups is 1. The summed E-state index contributed by atoms with van der Waals surface area (Å²) in [5.74, 6) is -1.24. The number of aliphatic hydroxyl groups excluding tert-OH is 5. The van der Waals surface area contributed by atoms with Crippen molar-refractivity contribution in [3.8, 4) is 0 Å². The van der Waals surface area contributed by atoms with Gasteiger partial charge in [0.25, 0.3) is 10.1 Å². The summed E-state index contributed by atoms with van der Waals surface area (Å²) in [6, 6.07) is -1.24. The van der Waals surface area contributed by atoms with Gasteiger partial charge in [-0.3, -0.25) is 9.35 Å². The summed E-state index contributed by atoms with van der Waals surface area (Å²) in [4.78, 5) is 11.7. The number of carbonyl (C=O) groups excluding carboxylic acids is 1. The SMILES string of the molecule is N[C@@H](CO[C@H]1[C@H](O)[C@@H](O)[C@H](O)C(O)[C@@H]1O)C(=O)NCCCS(=O)(=O)O. The zero-order chi connectivity index (χ0) is 19.4. The van der Waals surface area contributed by atoms with Gasteiger partial charge in [-0.05, 0) is 6.42 Å². The smallest absolute Gasteiger partial charge is 0.264 e. The highest BCUT2D eigenvalue weighted by Crippen LogP contribution is 2.23. The second-order valence-corrected chi connectivity index (χ2v) is 7.36. The van der Waals surface area contributed by atoms with Gasteiger partial charge in [-0.15, -0.1) is 0 Å². The van der Waals surface area contributed by atoms with Crippen molar-refractivity contribution in [1.29, 1.82) is 0 Å². The first-order chi connectivity index (χ1) is 11.5. The van der Waals surface area contributed by atoms with Gasteiger partial charge in [0.1, 0.15) is 42.7 Å². The maximum absolute atomic E-state index is 11.7. The summed E-state index contributed by atoms with van der Waals surface area (Å²) in [7, 11) is -4.12. The number of nitrogens with one attached hydrogen (secondary N) is 1. The van der Waals surface area contributed by atoms with Crippen LogP contribution in [0.15, 0.2) is 0 Å². The maximum atomic E-state index is 11.7. The Balaban J connectivity index is 2.44. The minimum atomic E-state index is -4.12. The van der Waals surface area contributed by atoms with Crippen LogP contribution in [0.2, 0.25) is 0 Å². The number of ether oxygens (including phenoxy) is 1. The van der Waals surface area contributed by atoms with Gasteiger partial charge >= 0.3 is 0 Å². The Labute approximate surface area is 144 Å². The molecule has 0 spiro atoms. The summed E-state index contributed by atoms with van der Waals surface area (Å²) in [6.45, 7) is -0.553. The highest BCUT2D eigenvalue weighted by atomic mass is 32.2. The lowest BCUT2D eigenvalue weighted by molar-refractivity contribution is -0.235. The van der Waals surface area contributed by atoms with Crippen molar-refractivity contribution in [2.45, 2.75) is 49.1 Å². The van der Waals surface area contributed by atoms with Crippen molar-refractivity contribution in [2.75, 3.05) is 18.9 Å². The molecule has 12 nitrogen and oxygen atoms in total. The van der Waals surface area contributed by atoms with Gasteiger partial charge in [-0.1, -0.05) is 0 Å². The first-order valence-electron chi connectivity index (χ1n) is 7.46. The third kappa shape index (κ3) is 6.40.